The molecule has 1 amide bonds. The molecule has 2 heterocycles. The summed E-state index contributed by atoms with van der Waals surface area (Å²) < 4.78 is 0. The first-order chi connectivity index (χ1) is 8.65. The zero-order valence-corrected chi connectivity index (χ0v) is 10.7. The van der Waals surface area contributed by atoms with Crippen molar-refractivity contribution in [2.75, 3.05) is 26.2 Å². The second-order valence-corrected chi connectivity index (χ2v) is 5.49. The van der Waals surface area contributed by atoms with Gasteiger partial charge in [-0.1, -0.05) is 11.6 Å². The molecule has 1 aromatic rings. The number of fused-ring (bicyclic) bond motifs is 1. The van der Waals surface area contributed by atoms with Crippen molar-refractivity contribution in [3.63, 3.8) is 0 Å². The summed E-state index contributed by atoms with van der Waals surface area (Å²) in [6, 6.07) is 4.58. The van der Waals surface area contributed by atoms with Gasteiger partial charge in [-0.2, -0.15) is 0 Å². The van der Waals surface area contributed by atoms with Gasteiger partial charge in [0.1, 0.15) is 5.75 Å². The average molecular weight is 267 g/mol. The summed E-state index contributed by atoms with van der Waals surface area (Å²) in [6.45, 7) is 3.50. The predicted octanol–water partition coefficient (Wildman–Crippen LogP) is 1.34. The minimum Gasteiger partial charge on any atom is -0.507 e. The van der Waals surface area contributed by atoms with E-state index in [-0.39, 0.29) is 11.7 Å². The molecule has 0 bridgehead atoms. The van der Waals surface area contributed by atoms with Crippen LogP contribution >= 0.6 is 11.6 Å². The van der Waals surface area contributed by atoms with Crippen LogP contribution in [0.2, 0.25) is 5.02 Å². The van der Waals surface area contributed by atoms with Crippen molar-refractivity contribution < 1.29 is 9.90 Å². The second-order valence-electron chi connectivity index (χ2n) is 5.05. The molecular formula is C13H15ClN2O2. The number of carbonyl (C=O) groups is 1. The van der Waals surface area contributed by atoms with Crippen LogP contribution in [-0.2, 0) is 0 Å². The fourth-order valence-electron chi connectivity index (χ4n) is 2.87. The van der Waals surface area contributed by atoms with Crippen LogP contribution < -0.4 is 5.32 Å². The highest BCUT2D eigenvalue weighted by atomic mass is 35.5. The third-order valence-corrected chi connectivity index (χ3v) is 4.10. The molecule has 0 spiro atoms. The molecule has 2 N–H and O–H groups in total. The fraction of sp³-hybridized carbons (Fsp3) is 0.462. The van der Waals surface area contributed by atoms with Crippen LogP contribution in [0.5, 0.6) is 5.75 Å². The third-order valence-electron chi connectivity index (χ3n) is 3.87. The van der Waals surface area contributed by atoms with Gasteiger partial charge in [-0.05, 0) is 30.0 Å². The van der Waals surface area contributed by atoms with Crippen molar-refractivity contribution in [1.82, 2.24) is 10.2 Å². The van der Waals surface area contributed by atoms with Crippen LogP contribution in [0, 0.1) is 11.8 Å². The van der Waals surface area contributed by atoms with Crippen molar-refractivity contribution in [3.05, 3.63) is 28.8 Å². The normalized spacial score (nSPS) is 26.4. The number of hydrogen-bond donors (Lipinski definition) is 2. The van der Waals surface area contributed by atoms with Crippen LogP contribution in [-0.4, -0.2) is 42.1 Å². The fourth-order valence-corrected chi connectivity index (χ4v) is 3.04. The summed E-state index contributed by atoms with van der Waals surface area (Å²) in [5.41, 5.74) is 0.301. The summed E-state index contributed by atoms with van der Waals surface area (Å²) in [5.74, 6) is 0.981. The van der Waals surface area contributed by atoms with Gasteiger partial charge in [-0.3, -0.25) is 4.79 Å². The van der Waals surface area contributed by atoms with Crippen molar-refractivity contribution in [2.45, 2.75) is 0 Å². The number of amides is 1. The first kappa shape index (κ1) is 11.8. The van der Waals surface area contributed by atoms with Gasteiger partial charge in [0.05, 0.1) is 5.56 Å². The Morgan fingerprint density at radius 3 is 2.67 bits per heavy atom. The lowest BCUT2D eigenvalue weighted by Crippen LogP contribution is -2.31. The maximum atomic E-state index is 12.3. The summed E-state index contributed by atoms with van der Waals surface area (Å²) >= 11 is 5.87. The molecule has 4 nitrogen and oxygen atoms in total. The standard InChI is InChI=1S/C13H15ClN2O2/c14-10-1-2-12(17)11(3-10)13(18)16-6-8-4-15-5-9(8)7-16/h1-3,8-9,15,17H,4-7H2/t8-,9+. The molecule has 0 saturated carbocycles. The largest absolute Gasteiger partial charge is 0.507 e. The molecule has 2 fully saturated rings. The molecule has 2 aliphatic rings. The van der Waals surface area contributed by atoms with Crippen molar-refractivity contribution in [3.8, 4) is 5.75 Å². The first-order valence-corrected chi connectivity index (χ1v) is 6.51. The number of phenols is 1. The SMILES string of the molecule is O=C(c1cc(Cl)ccc1O)N1C[C@H]2CNC[C@H]2C1. The van der Waals surface area contributed by atoms with E-state index in [9.17, 15) is 9.90 Å². The van der Waals surface area contributed by atoms with Crippen molar-refractivity contribution >= 4 is 17.5 Å². The number of aromatic hydroxyl groups is 1. The highest BCUT2D eigenvalue weighted by molar-refractivity contribution is 6.31. The van der Waals surface area contributed by atoms with Gasteiger partial charge in [0.2, 0.25) is 0 Å². The topological polar surface area (TPSA) is 52.6 Å². The van der Waals surface area contributed by atoms with E-state index in [0.717, 1.165) is 26.2 Å². The Balaban J connectivity index is 1.81. The molecule has 96 valence electrons. The lowest BCUT2D eigenvalue weighted by Gasteiger charge is -2.18. The number of nitrogens with zero attached hydrogens (tertiary/aromatic N) is 1. The lowest BCUT2D eigenvalue weighted by molar-refractivity contribution is 0.0778. The highest BCUT2D eigenvalue weighted by Crippen LogP contribution is 2.30. The highest BCUT2D eigenvalue weighted by Gasteiger charge is 2.38. The Morgan fingerprint density at radius 1 is 1.33 bits per heavy atom. The van der Waals surface area contributed by atoms with Crippen LogP contribution in [0.3, 0.4) is 0 Å². The Morgan fingerprint density at radius 2 is 2.00 bits per heavy atom. The molecule has 0 unspecified atom stereocenters. The number of carbonyl (C=O) groups excluding carboxylic acids is 1. The summed E-state index contributed by atoms with van der Waals surface area (Å²) in [5, 5.41) is 13.6. The summed E-state index contributed by atoms with van der Waals surface area (Å²) in [4.78, 5) is 14.2. The van der Waals surface area contributed by atoms with Crippen LogP contribution in [0.25, 0.3) is 0 Å². The Labute approximate surface area is 111 Å². The van der Waals surface area contributed by atoms with E-state index in [0.29, 0.717) is 22.4 Å². The second kappa shape index (κ2) is 4.44. The quantitative estimate of drug-likeness (QED) is 0.807. The zero-order valence-electron chi connectivity index (χ0n) is 9.90. The molecule has 0 radical (unpaired) electrons. The van der Waals surface area contributed by atoms with E-state index >= 15 is 0 Å². The Kier molecular flexibility index (Phi) is 2.92. The minimum atomic E-state index is -0.121. The molecule has 18 heavy (non-hydrogen) atoms. The first-order valence-electron chi connectivity index (χ1n) is 6.13. The van der Waals surface area contributed by atoms with Gasteiger partial charge in [0.15, 0.2) is 0 Å². The molecule has 2 aliphatic heterocycles. The molecular weight excluding hydrogens is 252 g/mol. The van der Waals surface area contributed by atoms with Gasteiger partial charge in [0, 0.05) is 31.2 Å². The summed E-state index contributed by atoms with van der Waals surface area (Å²) in [6.07, 6.45) is 0. The lowest BCUT2D eigenvalue weighted by atomic mass is 10.0. The minimum absolute atomic E-state index is 0.000385. The number of halogens is 1. The Bertz CT molecular complexity index is 480. The van der Waals surface area contributed by atoms with E-state index < -0.39 is 0 Å². The molecule has 1 aromatic carbocycles. The monoisotopic (exact) mass is 266 g/mol. The van der Waals surface area contributed by atoms with Crippen molar-refractivity contribution in [1.29, 1.82) is 0 Å². The van der Waals surface area contributed by atoms with E-state index in [1.54, 1.807) is 6.07 Å². The van der Waals surface area contributed by atoms with Crippen LogP contribution in [0.1, 0.15) is 10.4 Å². The van der Waals surface area contributed by atoms with Gasteiger partial charge in [-0.25, -0.2) is 0 Å². The molecule has 3 rings (SSSR count). The number of hydrogen-bond acceptors (Lipinski definition) is 3. The smallest absolute Gasteiger partial charge is 0.257 e. The van der Waals surface area contributed by atoms with Gasteiger partial charge >= 0.3 is 0 Å². The zero-order chi connectivity index (χ0) is 12.7. The molecule has 2 atom stereocenters. The van der Waals surface area contributed by atoms with Crippen molar-refractivity contribution in [2.24, 2.45) is 11.8 Å². The third kappa shape index (κ3) is 1.95. The average Bonchev–Trinajstić information content (AvgIpc) is 2.91. The molecule has 5 heteroatoms. The van der Waals surface area contributed by atoms with E-state index in [1.165, 1.54) is 12.1 Å². The predicted molar refractivity (Wildman–Crippen MR) is 68.9 cm³/mol. The molecule has 0 aliphatic carbocycles. The number of nitrogens with one attached hydrogen (secondary N) is 1. The van der Waals surface area contributed by atoms with Crippen LogP contribution in [0.15, 0.2) is 18.2 Å². The number of likely N-dealkylation sites (tertiary alicyclic amines) is 1. The molecule has 0 aromatic heterocycles. The van der Waals surface area contributed by atoms with Gasteiger partial charge < -0.3 is 15.3 Å². The van der Waals surface area contributed by atoms with Gasteiger partial charge in [0.25, 0.3) is 5.91 Å². The van der Waals surface area contributed by atoms with Crippen LogP contribution in [0.4, 0.5) is 0 Å². The number of benzene rings is 1. The Hall–Kier alpha value is -1.26. The molecule has 2 saturated heterocycles. The van der Waals surface area contributed by atoms with E-state index in [2.05, 4.69) is 5.32 Å². The summed E-state index contributed by atoms with van der Waals surface area (Å²) in [7, 11) is 0. The number of rotatable bonds is 1. The van der Waals surface area contributed by atoms with E-state index in [4.69, 9.17) is 11.6 Å². The van der Waals surface area contributed by atoms with E-state index in [1.807, 2.05) is 4.90 Å². The maximum Gasteiger partial charge on any atom is 0.257 e. The van der Waals surface area contributed by atoms with Gasteiger partial charge in [-0.15, -0.1) is 0 Å². The number of phenolic OH excluding ortho intramolecular Hbond substituents is 1. The maximum absolute atomic E-state index is 12.3.